The Morgan fingerprint density at radius 2 is 1.83 bits per heavy atom. The highest BCUT2D eigenvalue weighted by molar-refractivity contribution is 5.99. The summed E-state index contributed by atoms with van der Waals surface area (Å²) in [5, 5.41) is 11.3. The van der Waals surface area contributed by atoms with Crippen molar-refractivity contribution in [3.8, 4) is 6.07 Å². The van der Waals surface area contributed by atoms with Crippen LogP contribution in [0.15, 0.2) is 48.5 Å². The lowest BCUT2D eigenvalue weighted by molar-refractivity contribution is -0.123. The monoisotopic (exact) mass is 309 g/mol. The van der Waals surface area contributed by atoms with Gasteiger partial charge in [-0.2, -0.15) is 5.26 Å². The Hall–Kier alpha value is -3.33. The third kappa shape index (κ3) is 4.08. The van der Waals surface area contributed by atoms with Crippen LogP contribution in [-0.4, -0.2) is 18.0 Å². The molecule has 6 heteroatoms. The molecule has 0 saturated carbocycles. The molecule has 2 aromatic rings. The summed E-state index contributed by atoms with van der Waals surface area (Å²) in [4.78, 5) is 24.0. The van der Waals surface area contributed by atoms with Gasteiger partial charge in [-0.15, -0.1) is 0 Å². The molecular weight excluding hydrogens is 294 g/mol. The molecule has 3 N–H and O–H groups in total. The first-order valence-corrected chi connectivity index (χ1v) is 6.88. The number of rotatable bonds is 4. The van der Waals surface area contributed by atoms with Gasteiger partial charge in [0.1, 0.15) is 0 Å². The van der Waals surface area contributed by atoms with E-state index in [0.29, 0.717) is 11.3 Å². The largest absolute Gasteiger partial charge is 0.449 e. The van der Waals surface area contributed by atoms with Gasteiger partial charge in [0.15, 0.2) is 6.10 Å². The fraction of sp³-hybridized carbons (Fsp3) is 0.118. The van der Waals surface area contributed by atoms with Crippen LogP contribution < -0.4 is 11.1 Å². The summed E-state index contributed by atoms with van der Waals surface area (Å²) >= 11 is 0. The van der Waals surface area contributed by atoms with Gasteiger partial charge < -0.3 is 15.8 Å². The number of benzene rings is 2. The van der Waals surface area contributed by atoms with E-state index in [1.54, 1.807) is 42.5 Å². The van der Waals surface area contributed by atoms with Crippen LogP contribution in [0.2, 0.25) is 0 Å². The van der Waals surface area contributed by atoms with Gasteiger partial charge >= 0.3 is 5.97 Å². The third-order valence-electron chi connectivity index (χ3n) is 3.12. The molecule has 0 aliphatic rings. The van der Waals surface area contributed by atoms with E-state index < -0.39 is 18.0 Å². The first-order chi connectivity index (χ1) is 11.0. The SMILES string of the molecule is CC(OC(=O)c1ccccc1N)C(=O)Nc1ccc(C#N)cc1. The molecule has 2 aromatic carbocycles. The van der Waals surface area contributed by atoms with E-state index in [1.807, 2.05) is 6.07 Å². The van der Waals surface area contributed by atoms with Gasteiger partial charge in [-0.3, -0.25) is 4.79 Å². The minimum absolute atomic E-state index is 0.213. The zero-order chi connectivity index (χ0) is 16.8. The maximum atomic E-state index is 12.0. The fourth-order valence-corrected chi connectivity index (χ4v) is 1.83. The van der Waals surface area contributed by atoms with Crippen molar-refractivity contribution in [2.45, 2.75) is 13.0 Å². The summed E-state index contributed by atoms with van der Waals surface area (Å²) in [6.07, 6.45) is -0.988. The van der Waals surface area contributed by atoms with Crippen LogP contribution in [0, 0.1) is 11.3 Å². The summed E-state index contributed by atoms with van der Waals surface area (Å²) in [5.41, 5.74) is 7.20. The Morgan fingerprint density at radius 3 is 2.43 bits per heavy atom. The summed E-state index contributed by atoms with van der Waals surface area (Å²) in [7, 11) is 0. The standard InChI is InChI=1S/C17H15N3O3/c1-11(23-17(22)14-4-2-3-5-15(14)19)16(21)20-13-8-6-12(10-18)7-9-13/h2-9,11H,19H2,1H3,(H,20,21). The summed E-state index contributed by atoms with van der Waals surface area (Å²) < 4.78 is 5.11. The smallest absolute Gasteiger partial charge is 0.341 e. The number of nitrogens with two attached hydrogens (primary N) is 1. The van der Waals surface area contributed by atoms with Crippen LogP contribution in [0.1, 0.15) is 22.8 Å². The lowest BCUT2D eigenvalue weighted by Crippen LogP contribution is -2.30. The number of para-hydroxylation sites is 1. The van der Waals surface area contributed by atoms with Gasteiger partial charge in [-0.1, -0.05) is 12.1 Å². The number of esters is 1. The van der Waals surface area contributed by atoms with Crippen LogP contribution in [0.4, 0.5) is 11.4 Å². The second-order valence-corrected chi connectivity index (χ2v) is 4.81. The molecule has 0 bridgehead atoms. The molecule has 0 spiro atoms. The number of carbonyl (C=O) groups excluding carboxylic acids is 2. The highest BCUT2D eigenvalue weighted by Gasteiger charge is 2.20. The van der Waals surface area contributed by atoms with Crippen molar-refractivity contribution >= 4 is 23.3 Å². The number of nitriles is 1. The zero-order valence-electron chi connectivity index (χ0n) is 12.4. The minimum atomic E-state index is -0.988. The quantitative estimate of drug-likeness (QED) is 0.666. The van der Waals surface area contributed by atoms with Gasteiger partial charge in [-0.25, -0.2) is 4.79 Å². The second kappa shape index (κ2) is 7.09. The molecule has 1 unspecified atom stereocenters. The Bertz CT molecular complexity index is 763. The van der Waals surface area contributed by atoms with E-state index in [4.69, 9.17) is 15.7 Å². The molecule has 23 heavy (non-hydrogen) atoms. The Morgan fingerprint density at radius 1 is 1.17 bits per heavy atom. The predicted molar refractivity (Wildman–Crippen MR) is 85.5 cm³/mol. The molecule has 2 rings (SSSR count). The van der Waals surface area contributed by atoms with Gasteiger partial charge in [0.05, 0.1) is 17.2 Å². The lowest BCUT2D eigenvalue weighted by atomic mass is 10.2. The number of nitrogens with zero attached hydrogens (tertiary/aromatic N) is 1. The lowest BCUT2D eigenvalue weighted by Gasteiger charge is -2.14. The van der Waals surface area contributed by atoms with Crippen molar-refractivity contribution in [3.63, 3.8) is 0 Å². The Kier molecular flexibility index (Phi) is 4.95. The van der Waals surface area contributed by atoms with Gasteiger partial charge in [0, 0.05) is 11.4 Å². The van der Waals surface area contributed by atoms with Crippen molar-refractivity contribution in [2.24, 2.45) is 0 Å². The average molecular weight is 309 g/mol. The van der Waals surface area contributed by atoms with Crippen molar-refractivity contribution in [1.29, 1.82) is 5.26 Å². The summed E-state index contributed by atoms with van der Waals surface area (Å²) in [6, 6.07) is 14.8. The predicted octanol–water partition coefficient (Wildman–Crippen LogP) is 2.32. The number of carbonyl (C=O) groups is 2. The van der Waals surface area contributed by atoms with Crippen LogP contribution in [-0.2, 0) is 9.53 Å². The fourth-order valence-electron chi connectivity index (χ4n) is 1.83. The van der Waals surface area contributed by atoms with Crippen molar-refractivity contribution < 1.29 is 14.3 Å². The third-order valence-corrected chi connectivity index (χ3v) is 3.12. The Balaban J connectivity index is 1.98. The molecule has 0 heterocycles. The van der Waals surface area contributed by atoms with E-state index in [9.17, 15) is 9.59 Å². The van der Waals surface area contributed by atoms with Crippen molar-refractivity contribution in [3.05, 3.63) is 59.7 Å². The number of nitrogen functional groups attached to an aromatic ring is 1. The molecule has 0 fully saturated rings. The van der Waals surface area contributed by atoms with Crippen LogP contribution >= 0.6 is 0 Å². The summed E-state index contributed by atoms with van der Waals surface area (Å²) in [6.45, 7) is 1.47. The maximum absolute atomic E-state index is 12.0. The maximum Gasteiger partial charge on any atom is 0.341 e. The molecule has 0 aliphatic heterocycles. The summed E-state index contributed by atoms with van der Waals surface area (Å²) in [5.74, 6) is -1.14. The molecule has 6 nitrogen and oxygen atoms in total. The number of amides is 1. The number of nitrogens with one attached hydrogen (secondary N) is 1. The second-order valence-electron chi connectivity index (χ2n) is 4.81. The molecule has 0 radical (unpaired) electrons. The normalized spacial score (nSPS) is 11.1. The number of ether oxygens (including phenoxy) is 1. The van der Waals surface area contributed by atoms with E-state index in [2.05, 4.69) is 5.32 Å². The van der Waals surface area contributed by atoms with E-state index in [1.165, 1.54) is 13.0 Å². The minimum Gasteiger partial charge on any atom is -0.449 e. The Labute approximate surface area is 133 Å². The molecular formula is C17H15N3O3. The number of hydrogen-bond acceptors (Lipinski definition) is 5. The van der Waals surface area contributed by atoms with Gasteiger partial charge in [0.25, 0.3) is 5.91 Å². The van der Waals surface area contributed by atoms with E-state index >= 15 is 0 Å². The topological polar surface area (TPSA) is 105 Å². The number of hydrogen-bond donors (Lipinski definition) is 2. The molecule has 0 aliphatic carbocycles. The van der Waals surface area contributed by atoms with Gasteiger partial charge in [-0.05, 0) is 43.3 Å². The highest BCUT2D eigenvalue weighted by Crippen LogP contribution is 2.14. The van der Waals surface area contributed by atoms with Crippen LogP contribution in [0.5, 0.6) is 0 Å². The molecule has 0 aromatic heterocycles. The number of anilines is 2. The zero-order valence-corrected chi connectivity index (χ0v) is 12.4. The van der Waals surface area contributed by atoms with E-state index in [-0.39, 0.29) is 11.3 Å². The van der Waals surface area contributed by atoms with E-state index in [0.717, 1.165) is 0 Å². The van der Waals surface area contributed by atoms with Crippen molar-refractivity contribution in [1.82, 2.24) is 0 Å². The molecule has 0 saturated heterocycles. The molecule has 116 valence electrons. The van der Waals surface area contributed by atoms with Gasteiger partial charge in [0.2, 0.25) is 0 Å². The molecule has 1 amide bonds. The average Bonchev–Trinajstić information content (AvgIpc) is 2.55. The first kappa shape index (κ1) is 16.0. The highest BCUT2D eigenvalue weighted by atomic mass is 16.5. The molecule has 1 atom stereocenters. The first-order valence-electron chi connectivity index (χ1n) is 6.88. The van der Waals surface area contributed by atoms with Crippen LogP contribution in [0.3, 0.4) is 0 Å². The van der Waals surface area contributed by atoms with Crippen molar-refractivity contribution in [2.75, 3.05) is 11.1 Å². The van der Waals surface area contributed by atoms with Crippen LogP contribution in [0.25, 0.3) is 0 Å².